The lowest BCUT2D eigenvalue weighted by Gasteiger charge is -2.06. The fourth-order valence-electron chi connectivity index (χ4n) is 0.863. The molecule has 1 heterocycles. The van der Waals surface area contributed by atoms with Gasteiger partial charge in [0.2, 0.25) is 0 Å². The highest BCUT2D eigenvalue weighted by Crippen LogP contribution is 2.33. The summed E-state index contributed by atoms with van der Waals surface area (Å²) in [5.41, 5.74) is -0.506. The second-order valence-corrected chi connectivity index (χ2v) is 4.48. The van der Waals surface area contributed by atoms with Crippen LogP contribution in [0, 0.1) is 10.1 Å². The van der Waals surface area contributed by atoms with Crippen molar-refractivity contribution in [1.82, 2.24) is 5.32 Å². The number of nitro groups is 1. The van der Waals surface area contributed by atoms with Gasteiger partial charge in [0.15, 0.2) is 4.34 Å². The summed E-state index contributed by atoms with van der Waals surface area (Å²) >= 11 is 5.99. The monoisotopic (exact) mass is 288 g/mol. The molecule has 0 aromatic carbocycles. The second kappa shape index (κ2) is 4.88. The van der Waals surface area contributed by atoms with Crippen molar-refractivity contribution in [3.8, 4) is 0 Å². The van der Waals surface area contributed by atoms with Gasteiger partial charge in [0.1, 0.15) is 11.4 Å². The molecule has 5 nitrogen and oxygen atoms in total. The maximum atomic E-state index is 11.8. The first-order valence-corrected chi connectivity index (χ1v) is 5.19. The molecule has 1 N–H and O–H groups in total. The SMILES string of the molecule is O=C(NCC(F)(F)F)c1cc([N+](=O)[O-])c(Cl)s1. The van der Waals surface area contributed by atoms with Crippen LogP contribution in [0.5, 0.6) is 0 Å². The summed E-state index contributed by atoms with van der Waals surface area (Å²) in [5.74, 6) is -1.05. The fourth-order valence-corrected chi connectivity index (χ4v) is 2.00. The molecule has 1 amide bonds. The van der Waals surface area contributed by atoms with E-state index in [0.717, 1.165) is 6.07 Å². The highest BCUT2D eigenvalue weighted by molar-refractivity contribution is 7.18. The third-order valence-electron chi connectivity index (χ3n) is 1.54. The van der Waals surface area contributed by atoms with Gasteiger partial charge in [0, 0.05) is 6.07 Å². The van der Waals surface area contributed by atoms with E-state index >= 15 is 0 Å². The third kappa shape index (κ3) is 3.86. The quantitative estimate of drug-likeness (QED) is 0.686. The average Bonchev–Trinajstić information content (AvgIpc) is 2.55. The number of nitrogens with one attached hydrogen (secondary N) is 1. The van der Waals surface area contributed by atoms with E-state index in [4.69, 9.17) is 11.6 Å². The Labute approximate surface area is 101 Å². The van der Waals surface area contributed by atoms with E-state index in [1.807, 2.05) is 0 Å². The number of amides is 1. The molecule has 0 saturated carbocycles. The zero-order chi connectivity index (χ0) is 13.2. The molecule has 10 heteroatoms. The van der Waals surface area contributed by atoms with Crippen LogP contribution in [0.2, 0.25) is 4.34 Å². The lowest BCUT2D eigenvalue weighted by Crippen LogP contribution is -2.33. The highest BCUT2D eigenvalue weighted by atomic mass is 35.5. The molecule has 0 saturated heterocycles. The van der Waals surface area contributed by atoms with Crippen LogP contribution in [-0.2, 0) is 0 Å². The van der Waals surface area contributed by atoms with E-state index in [-0.39, 0.29) is 9.21 Å². The van der Waals surface area contributed by atoms with Gasteiger partial charge < -0.3 is 5.32 Å². The molecule has 0 atom stereocenters. The Morgan fingerprint density at radius 1 is 1.59 bits per heavy atom. The molecule has 0 bridgehead atoms. The number of hydrogen-bond acceptors (Lipinski definition) is 4. The van der Waals surface area contributed by atoms with Crippen molar-refractivity contribution in [2.75, 3.05) is 6.54 Å². The fraction of sp³-hybridized carbons (Fsp3) is 0.286. The Balaban J connectivity index is 2.77. The standard InChI is InChI=1S/C7H4ClF3N2O3S/c8-5-3(13(15)16)1-4(17-5)6(14)12-2-7(9,10)11/h1H,2H2,(H,12,14). The highest BCUT2D eigenvalue weighted by Gasteiger charge is 2.29. The first-order chi connectivity index (χ1) is 7.70. The molecular formula is C7H4ClF3N2O3S. The molecule has 0 fully saturated rings. The number of carbonyl (C=O) groups is 1. The summed E-state index contributed by atoms with van der Waals surface area (Å²) in [6, 6.07) is 0.832. The van der Waals surface area contributed by atoms with E-state index in [0.29, 0.717) is 11.3 Å². The predicted octanol–water partition coefficient (Wildman–Crippen LogP) is 2.60. The van der Waals surface area contributed by atoms with Crippen LogP contribution in [-0.4, -0.2) is 23.6 Å². The van der Waals surface area contributed by atoms with Crippen LogP contribution in [0.15, 0.2) is 6.07 Å². The molecule has 0 aliphatic carbocycles. The van der Waals surface area contributed by atoms with E-state index in [9.17, 15) is 28.1 Å². The third-order valence-corrected chi connectivity index (χ3v) is 2.88. The van der Waals surface area contributed by atoms with Gasteiger partial charge in [0.25, 0.3) is 11.6 Å². The number of nitrogens with zero attached hydrogens (tertiary/aromatic N) is 1. The molecule has 1 rings (SSSR count). The number of thiophene rings is 1. The van der Waals surface area contributed by atoms with Crippen molar-refractivity contribution in [2.45, 2.75) is 6.18 Å². The maximum Gasteiger partial charge on any atom is 0.405 e. The van der Waals surface area contributed by atoms with Gasteiger partial charge >= 0.3 is 6.18 Å². The van der Waals surface area contributed by atoms with Gasteiger partial charge in [-0.1, -0.05) is 11.6 Å². The van der Waals surface area contributed by atoms with Crippen molar-refractivity contribution in [1.29, 1.82) is 0 Å². The Kier molecular flexibility index (Phi) is 3.94. The Morgan fingerprint density at radius 2 is 2.18 bits per heavy atom. The molecular weight excluding hydrogens is 285 g/mol. The van der Waals surface area contributed by atoms with Crippen molar-refractivity contribution in [2.24, 2.45) is 0 Å². The number of rotatable bonds is 3. The second-order valence-electron chi connectivity index (χ2n) is 2.82. The van der Waals surface area contributed by atoms with Crippen molar-refractivity contribution >= 4 is 34.5 Å². The zero-order valence-corrected chi connectivity index (χ0v) is 9.45. The minimum atomic E-state index is -4.54. The largest absolute Gasteiger partial charge is 0.405 e. The van der Waals surface area contributed by atoms with Crippen LogP contribution < -0.4 is 5.32 Å². The average molecular weight is 289 g/mol. The lowest BCUT2D eigenvalue weighted by molar-refractivity contribution is -0.384. The molecule has 0 aliphatic rings. The molecule has 17 heavy (non-hydrogen) atoms. The number of carbonyl (C=O) groups excluding carboxylic acids is 1. The summed E-state index contributed by atoms with van der Waals surface area (Å²) in [6.45, 7) is -1.50. The normalized spacial score (nSPS) is 11.3. The van der Waals surface area contributed by atoms with E-state index in [1.54, 1.807) is 5.32 Å². The first-order valence-electron chi connectivity index (χ1n) is 3.99. The Bertz CT molecular complexity index is 460. The number of halogens is 4. The topological polar surface area (TPSA) is 72.2 Å². The van der Waals surface area contributed by atoms with E-state index in [1.165, 1.54) is 0 Å². The minimum absolute atomic E-state index is 0.244. The molecule has 0 spiro atoms. The molecule has 94 valence electrons. The number of hydrogen-bond donors (Lipinski definition) is 1. The summed E-state index contributed by atoms with van der Waals surface area (Å²) < 4.78 is 35.1. The van der Waals surface area contributed by atoms with Crippen LogP contribution in [0.25, 0.3) is 0 Å². The maximum absolute atomic E-state index is 11.8. The van der Waals surface area contributed by atoms with Crippen molar-refractivity contribution in [3.63, 3.8) is 0 Å². The zero-order valence-electron chi connectivity index (χ0n) is 7.88. The summed E-state index contributed by atoms with van der Waals surface area (Å²) in [5, 5.41) is 12.0. The van der Waals surface area contributed by atoms with Crippen molar-refractivity contribution < 1.29 is 22.9 Å². The van der Waals surface area contributed by atoms with Crippen molar-refractivity contribution in [3.05, 3.63) is 25.4 Å². The summed E-state index contributed by atoms with van der Waals surface area (Å²) in [7, 11) is 0. The van der Waals surface area contributed by atoms with Crippen LogP contribution in [0.1, 0.15) is 9.67 Å². The first kappa shape index (κ1) is 13.7. The van der Waals surface area contributed by atoms with E-state index in [2.05, 4.69) is 0 Å². The summed E-state index contributed by atoms with van der Waals surface area (Å²) in [6.07, 6.45) is -4.54. The predicted molar refractivity (Wildman–Crippen MR) is 54.4 cm³/mol. The van der Waals surface area contributed by atoms with Crippen LogP contribution in [0.3, 0.4) is 0 Å². The van der Waals surface area contributed by atoms with Gasteiger partial charge in [-0.05, 0) is 0 Å². The number of alkyl halides is 3. The lowest BCUT2D eigenvalue weighted by atomic mass is 10.4. The van der Waals surface area contributed by atoms with Gasteiger partial charge in [-0.3, -0.25) is 14.9 Å². The van der Waals surface area contributed by atoms with Gasteiger partial charge in [-0.2, -0.15) is 13.2 Å². The van der Waals surface area contributed by atoms with Gasteiger partial charge in [0.05, 0.1) is 4.92 Å². The molecule has 0 radical (unpaired) electrons. The minimum Gasteiger partial charge on any atom is -0.342 e. The van der Waals surface area contributed by atoms with Crippen LogP contribution in [0.4, 0.5) is 18.9 Å². The van der Waals surface area contributed by atoms with Gasteiger partial charge in [-0.15, -0.1) is 11.3 Å². The molecule has 0 aliphatic heterocycles. The molecule has 1 aromatic heterocycles. The van der Waals surface area contributed by atoms with Gasteiger partial charge in [-0.25, -0.2) is 0 Å². The van der Waals surface area contributed by atoms with Crippen LogP contribution >= 0.6 is 22.9 Å². The molecule has 1 aromatic rings. The smallest absolute Gasteiger partial charge is 0.342 e. The van der Waals surface area contributed by atoms with E-state index < -0.39 is 29.2 Å². The Morgan fingerprint density at radius 3 is 2.59 bits per heavy atom. The Hall–Kier alpha value is -1.35. The molecule has 0 unspecified atom stereocenters. The summed E-state index contributed by atoms with van der Waals surface area (Å²) in [4.78, 5) is 20.5.